The van der Waals surface area contributed by atoms with Gasteiger partial charge in [0.1, 0.15) is 6.04 Å². The summed E-state index contributed by atoms with van der Waals surface area (Å²) in [6, 6.07) is -1.06. The molecule has 0 aromatic carbocycles. The second-order valence-corrected chi connectivity index (χ2v) is 7.51. The normalized spacial score (nSPS) is 25.2. The zero-order valence-electron chi connectivity index (χ0n) is 12.0. The Bertz CT molecular complexity index is 326. The Morgan fingerprint density at radius 1 is 1.32 bits per heavy atom. The van der Waals surface area contributed by atoms with Gasteiger partial charge < -0.3 is 15.3 Å². The summed E-state index contributed by atoms with van der Waals surface area (Å²) in [5.41, 5.74) is 0. The molecule has 0 bridgehead atoms. The summed E-state index contributed by atoms with van der Waals surface area (Å²) in [7, 11) is 0. The molecule has 0 aliphatic carbocycles. The predicted octanol–water partition coefficient (Wildman–Crippen LogP) is 2.02. The van der Waals surface area contributed by atoms with Crippen LogP contribution in [0.2, 0.25) is 0 Å². The third-order valence-electron chi connectivity index (χ3n) is 3.01. The highest BCUT2D eigenvalue weighted by Crippen LogP contribution is 2.24. The molecule has 1 fully saturated rings. The number of carbonyl (C=O) groups is 2. The number of nitrogens with zero attached hydrogens (tertiary/aromatic N) is 1. The molecule has 0 spiro atoms. The third kappa shape index (κ3) is 5.30. The number of hydrogen-bond acceptors (Lipinski definition) is 3. The standard InChI is InChI=1S/C13H24N2O3S/c1-8(2)5-11(12(16)17)14-13(18)15-6-9(3)19-10(4)7-15/h8-11H,5-7H2,1-4H3,(H,14,18)(H,16,17)/t9?,10?,11-/m1/s1. The van der Waals surface area contributed by atoms with E-state index in [1.165, 1.54) is 0 Å². The number of carboxylic acids is 1. The van der Waals surface area contributed by atoms with Crippen LogP contribution >= 0.6 is 11.8 Å². The predicted molar refractivity (Wildman–Crippen MR) is 77.5 cm³/mol. The summed E-state index contributed by atoms with van der Waals surface area (Å²) in [5, 5.41) is 12.6. The van der Waals surface area contributed by atoms with E-state index in [4.69, 9.17) is 5.11 Å². The van der Waals surface area contributed by atoms with Gasteiger partial charge in [-0.1, -0.05) is 27.7 Å². The van der Waals surface area contributed by atoms with Gasteiger partial charge in [-0.25, -0.2) is 9.59 Å². The van der Waals surface area contributed by atoms with Crippen LogP contribution in [0.3, 0.4) is 0 Å². The Morgan fingerprint density at radius 2 is 1.84 bits per heavy atom. The molecular formula is C13H24N2O3S. The lowest BCUT2D eigenvalue weighted by molar-refractivity contribution is -0.139. The highest BCUT2D eigenvalue weighted by Gasteiger charge is 2.29. The van der Waals surface area contributed by atoms with Crippen molar-refractivity contribution < 1.29 is 14.7 Å². The second-order valence-electron chi connectivity index (χ2n) is 5.63. The average Bonchev–Trinajstić information content (AvgIpc) is 2.25. The molecule has 0 aromatic heterocycles. The SMILES string of the molecule is CC(C)C[C@@H](NC(=O)N1CC(C)SC(C)C1)C(=O)O. The monoisotopic (exact) mass is 288 g/mol. The highest BCUT2D eigenvalue weighted by atomic mass is 32.2. The molecule has 3 atom stereocenters. The van der Waals surface area contributed by atoms with Crippen LogP contribution in [0.5, 0.6) is 0 Å². The van der Waals surface area contributed by atoms with Crippen molar-refractivity contribution in [3.05, 3.63) is 0 Å². The molecule has 1 saturated heterocycles. The van der Waals surface area contributed by atoms with Gasteiger partial charge in [-0.2, -0.15) is 11.8 Å². The van der Waals surface area contributed by atoms with Crippen LogP contribution in [-0.2, 0) is 4.79 Å². The van der Waals surface area contributed by atoms with Gasteiger partial charge in [0.2, 0.25) is 0 Å². The van der Waals surface area contributed by atoms with Gasteiger partial charge in [-0.15, -0.1) is 0 Å². The fourth-order valence-electron chi connectivity index (χ4n) is 2.28. The van der Waals surface area contributed by atoms with Crippen molar-refractivity contribution in [1.29, 1.82) is 0 Å². The van der Waals surface area contributed by atoms with Crippen LogP contribution in [0.25, 0.3) is 0 Å². The second kappa shape index (κ2) is 7.03. The third-order valence-corrected chi connectivity index (χ3v) is 4.24. The Balaban J connectivity index is 2.58. The van der Waals surface area contributed by atoms with Crippen LogP contribution in [0, 0.1) is 5.92 Å². The minimum atomic E-state index is -0.963. The first-order valence-corrected chi connectivity index (χ1v) is 7.67. The van der Waals surface area contributed by atoms with Crippen molar-refractivity contribution >= 4 is 23.8 Å². The van der Waals surface area contributed by atoms with Crippen LogP contribution in [0.4, 0.5) is 4.79 Å². The molecule has 5 nitrogen and oxygen atoms in total. The fourth-order valence-corrected chi connectivity index (χ4v) is 3.60. The summed E-state index contributed by atoms with van der Waals surface area (Å²) in [4.78, 5) is 25.0. The number of rotatable bonds is 4. The van der Waals surface area contributed by atoms with Crippen molar-refractivity contribution in [1.82, 2.24) is 10.2 Å². The Labute approximate surface area is 119 Å². The molecule has 6 heteroatoms. The topological polar surface area (TPSA) is 69.6 Å². The van der Waals surface area contributed by atoms with E-state index in [1.807, 2.05) is 25.6 Å². The largest absolute Gasteiger partial charge is 0.480 e. The fraction of sp³-hybridized carbons (Fsp3) is 0.846. The van der Waals surface area contributed by atoms with Crippen molar-refractivity contribution in [2.75, 3.05) is 13.1 Å². The van der Waals surface area contributed by atoms with Crippen molar-refractivity contribution in [3.8, 4) is 0 Å². The zero-order valence-corrected chi connectivity index (χ0v) is 12.9. The van der Waals surface area contributed by atoms with Crippen molar-refractivity contribution in [3.63, 3.8) is 0 Å². The van der Waals surface area contributed by atoms with Gasteiger partial charge in [0.15, 0.2) is 0 Å². The van der Waals surface area contributed by atoms with E-state index in [2.05, 4.69) is 19.2 Å². The Hall–Kier alpha value is -0.910. The van der Waals surface area contributed by atoms with Crippen LogP contribution in [-0.4, -0.2) is 51.6 Å². The van der Waals surface area contributed by atoms with Crippen LogP contribution < -0.4 is 5.32 Å². The molecule has 1 rings (SSSR count). The van der Waals surface area contributed by atoms with Gasteiger partial charge in [0.05, 0.1) is 0 Å². The highest BCUT2D eigenvalue weighted by molar-refractivity contribution is 8.00. The summed E-state index contributed by atoms with van der Waals surface area (Å²) >= 11 is 1.86. The minimum absolute atomic E-state index is 0.233. The first-order chi connectivity index (χ1) is 8.79. The van der Waals surface area contributed by atoms with Gasteiger partial charge in [0.25, 0.3) is 0 Å². The number of thioether (sulfide) groups is 1. The van der Waals surface area contributed by atoms with Crippen molar-refractivity contribution in [2.45, 2.75) is 50.7 Å². The number of urea groups is 1. The number of amides is 2. The molecule has 0 radical (unpaired) electrons. The number of carbonyl (C=O) groups excluding carboxylic acids is 1. The zero-order chi connectivity index (χ0) is 14.6. The molecule has 2 amide bonds. The quantitative estimate of drug-likeness (QED) is 0.830. The molecular weight excluding hydrogens is 264 g/mol. The smallest absolute Gasteiger partial charge is 0.326 e. The van der Waals surface area contributed by atoms with E-state index in [1.54, 1.807) is 4.90 Å². The van der Waals surface area contributed by atoms with Gasteiger partial charge in [0, 0.05) is 23.6 Å². The number of nitrogens with one attached hydrogen (secondary N) is 1. The summed E-state index contributed by atoms with van der Waals surface area (Å²) in [6.45, 7) is 9.42. The first-order valence-electron chi connectivity index (χ1n) is 6.73. The van der Waals surface area contributed by atoms with E-state index in [0.717, 1.165) is 0 Å². The maximum atomic E-state index is 12.1. The molecule has 1 aliphatic rings. The van der Waals surface area contributed by atoms with Gasteiger partial charge in [-0.3, -0.25) is 0 Å². The van der Waals surface area contributed by atoms with E-state index in [0.29, 0.717) is 30.0 Å². The maximum Gasteiger partial charge on any atom is 0.326 e. The van der Waals surface area contributed by atoms with Gasteiger partial charge in [-0.05, 0) is 12.3 Å². The molecule has 1 aliphatic heterocycles. The molecule has 0 saturated carbocycles. The number of hydrogen-bond donors (Lipinski definition) is 2. The lowest BCUT2D eigenvalue weighted by Gasteiger charge is -2.35. The summed E-state index contributed by atoms with van der Waals surface area (Å²) < 4.78 is 0. The Morgan fingerprint density at radius 3 is 2.26 bits per heavy atom. The molecule has 110 valence electrons. The average molecular weight is 288 g/mol. The molecule has 2 N–H and O–H groups in total. The number of carboxylic acid groups (broad SMARTS) is 1. The Kier molecular flexibility index (Phi) is 5.97. The van der Waals surface area contributed by atoms with Crippen molar-refractivity contribution in [2.24, 2.45) is 5.92 Å². The van der Waals surface area contributed by atoms with Gasteiger partial charge >= 0.3 is 12.0 Å². The van der Waals surface area contributed by atoms with Crippen LogP contribution in [0.1, 0.15) is 34.1 Å². The molecule has 1 heterocycles. The molecule has 2 unspecified atom stereocenters. The summed E-state index contributed by atoms with van der Waals surface area (Å²) in [5.74, 6) is -0.731. The maximum absolute atomic E-state index is 12.1. The number of aliphatic carboxylic acids is 1. The van der Waals surface area contributed by atoms with E-state index >= 15 is 0 Å². The first kappa shape index (κ1) is 16.1. The minimum Gasteiger partial charge on any atom is -0.480 e. The molecule has 0 aromatic rings. The lowest BCUT2D eigenvalue weighted by Crippen LogP contribution is -2.52. The lowest BCUT2D eigenvalue weighted by atomic mass is 10.0. The summed E-state index contributed by atoms with van der Waals surface area (Å²) in [6.07, 6.45) is 0.453. The van der Waals surface area contributed by atoms with E-state index in [9.17, 15) is 9.59 Å². The van der Waals surface area contributed by atoms with E-state index in [-0.39, 0.29) is 11.9 Å². The van der Waals surface area contributed by atoms with Crippen LogP contribution in [0.15, 0.2) is 0 Å². The molecule has 19 heavy (non-hydrogen) atoms. The van der Waals surface area contributed by atoms with E-state index < -0.39 is 12.0 Å².